The van der Waals surface area contributed by atoms with Crippen LogP contribution in [0.4, 0.5) is 11.4 Å². The molecule has 45 heavy (non-hydrogen) atoms. The smallest absolute Gasteiger partial charge is 0.261 e. The Kier molecular flexibility index (Phi) is 7.18. The second kappa shape index (κ2) is 11.3. The molecule has 222 valence electrons. The molecule has 4 amide bonds. The summed E-state index contributed by atoms with van der Waals surface area (Å²) in [5.74, 6) is -1.57. The summed E-state index contributed by atoms with van der Waals surface area (Å²) in [4.78, 5) is 60.1. The summed E-state index contributed by atoms with van der Waals surface area (Å²) >= 11 is 6.08. The van der Waals surface area contributed by atoms with Crippen LogP contribution >= 0.6 is 11.6 Å². The predicted molar refractivity (Wildman–Crippen MR) is 175 cm³/mol. The molecule has 8 heteroatoms. The van der Waals surface area contributed by atoms with Gasteiger partial charge in [-0.2, -0.15) is 0 Å². The molecule has 2 aliphatic rings. The lowest BCUT2D eigenvalue weighted by molar-refractivity contribution is -0.119. The Hall–Kier alpha value is -5.27. The number of amides is 4. The standard InChI is InChI=1S/C37H28ClN3O4/c1-23-21-32(28-13-5-6-16-31(28)40(23)35(43)25-17-19-26(38)20-18-25)41(27-11-3-2-4-12-27)33(42)22-39-36(44)29-14-7-9-24-10-8-15-30(34(24)29)37(39)45/h2-20,23,32H,21-22H2,1H3/t23-,32+/m1/s1. The second-order valence-corrected chi connectivity index (χ2v) is 11.8. The molecule has 0 bridgehead atoms. The second-order valence-electron chi connectivity index (χ2n) is 11.3. The van der Waals surface area contributed by atoms with Gasteiger partial charge in [0.05, 0.1) is 6.04 Å². The molecule has 2 atom stereocenters. The van der Waals surface area contributed by atoms with E-state index in [4.69, 9.17) is 11.6 Å². The number of para-hydroxylation sites is 2. The molecule has 7 rings (SSSR count). The third kappa shape index (κ3) is 4.86. The summed E-state index contributed by atoms with van der Waals surface area (Å²) < 4.78 is 0. The van der Waals surface area contributed by atoms with E-state index in [1.807, 2.05) is 73.7 Å². The van der Waals surface area contributed by atoms with Gasteiger partial charge in [0.25, 0.3) is 17.7 Å². The van der Waals surface area contributed by atoms with Gasteiger partial charge in [0.15, 0.2) is 0 Å². The van der Waals surface area contributed by atoms with Crippen LogP contribution < -0.4 is 9.80 Å². The van der Waals surface area contributed by atoms with Crippen LogP contribution in [0.2, 0.25) is 5.02 Å². The number of fused-ring (bicyclic) bond motifs is 1. The van der Waals surface area contributed by atoms with Crippen molar-refractivity contribution in [3.63, 3.8) is 0 Å². The monoisotopic (exact) mass is 613 g/mol. The minimum absolute atomic E-state index is 0.167. The lowest BCUT2D eigenvalue weighted by Crippen LogP contribution is -2.51. The zero-order valence-electron chi connectivity index (χ0n) is 24.4. The van der Waals surface area contributed by atoms with Crippen LogP contribution in [0.3, 0.4) is 0 Å². The Morgan fingerprint density at radius 1 is 0.778 bits per heavy atom. The number of benzene rings is 5. The number of halogens is 1. The highest BCUT2D eigenvalue weighted by Crippen LogP contribution is 2.43. The first-order valence-corrected chi connectivity index (χ1v) is 15.1. The van der Waals surface area contributed by atoms with Crippen LogP contribution in [-0.4, -0.2) is 41.1 Å². The van der Waals surface area contributed by atoms with Gasteiger partial charge in [-0.3, -0.25) is 24.1 Å². The van der Waals surface area contributed by atoms with E-state index in [2.05, 4.69) is 0 Å². The average molecular weight is 614 g/mol. The topological polar surface area (TPSA) is 78.0 Å². The molecule has 2 heterocycles. The van der Waals surface area contributed by atoms with Crippen molar-refractivity contribution in [1.82, 2.24) is 4.90 Å². The normalized spacial score (nSPS) is 17.3. The van der Waals surface area contributed by atoms with Gasteiger partial charge in [-0.25, -0.2) is 0 Å². The molecular formula is C37H28ClN3O4. The molecule has 0 saturated carbocycles. The zero-order chi connectivity index (χ0) is 31.2. The van der Waals surface area contributed by atoms with Gasteiger partial charge >= 0.3 is 0 Å². The van der Waals surface area contributed by atoms with Crippen molar-refractivity contribution in [2.45, 2.75) is 25.4 Å². The van der Waals surface area contributed by atoms with Crippen LogP contribution in [-0.2, 0) is 4.79 Å². The first-order chi connectivity index (χ1) is 21.8. The van der Waals surface area contributed by atoms with Crippen molar-refractivity contribution in [1.29, 1.82) is 0 Å². The molecule has 0 fully saturated rings. The molecule has 0 aromatic heterocycles. The van der Waals surface area contributed by atoms with Gasteiger partial charge < -0.3 is 9.80 Å². The van der Waals surface area contributed by atoms with E-state index in [1.165, 1.54) is 0 Å². The quantitative estimate of drug-likeness (QED) is 0.195. The van der Waals surface area contributed by atoms with E-state index >= 15 is 0 Å². The van der Waals surface area contributed by atoms with Crippen LogP contribution in [0.25, 0.3) is 10.8 Å². The Morgan fingerprint density at radius 2 is 1.40 bits per heavy atom. The highest BCUT2D eigenvalue weighted by molar-refractivity contribution is 6.30. The predicted octanol–water partition coefficient (Wildman–Crippen LogP) is 7.30. The number of hydrogen-bond donors (Lipinski definition) is 0. The van der Waals surface area contributed by atoms with Crippen LogP contribution in [0.15, 0.2) is 115 Å². The van der Waals surface area contributed by atoms with E-state index in [9.17, 15) is 19.2 Å². The molecule has 0 radical (unpaired) electrons. The van der Waals surface area contributed by atoms with Gasteiger partial charge in [-0.1, -0.05) is 72.3 Å². The van der Waals surface area contributed by atoms with E-state index < -0.39 is 30.3 Å². The first-order valence-electron chi connectivity index (χ1n) is 14.8. The third-order valence-corrected chi connectivity index (χ3v) is 8.89. The highest BCUT2D eigenvalue weighted by Gasteiger charge is 2.41. The van der Waals surface area contributed by atoms with Gasteiger partial charge in [0.2, 0.25) is 5.91 Å². The molecule has 0 unspecified atom stereocenters. The van der Waals surface area contributed by atoms with Gasteiger partial charge in [-0.05, 0) is 78.9 Å². The molecule has 0 spiro atoms. The first kappa shape index (κ1) is 28.5. The van der Waals surface area contributed by atoms with Crippen molar-refractivity contribution in [2.75, 3.05) is 16.3 Å². The molecule has 0 saturated heterocycles. The number of carbonyl (C=O) groups excluding carboxylic acids is 4. The number of rotatable bonds is 5. The van der Waals surface area contributed by atoms with Gasteiger partial charge in [0, 0.05) is 44.5 Å². The summed E-state index contributed by atoms with van der Waals surface area (Å²) in [6.45, 7) is 1.53. The van der Waals surface area contributed by atoms with E-state index in [0.717, 1.165) is 15.8 Å². The van der Waals surface area contributed by atoms with E-state index in [1.54, 1.807) is 58.3 Å². The molecule has 5 aromatic carbocycles. The Bertz CT molecular complexity index is 1940. The van der Waals surface area contributed by atoms with Crippen molar-refractivity contribution in [3.8, 4) is 0 Å². The Labute approximate surface area is 265 Å². The number of imide groups is 1. The highest BCUT2D eigenvalue weighted by atomic mass is 35.5. The largest absolute Gasteiger partial charge is 0.305 e. The molecule has 0 N–H and O–H groups in total. The maximum absolute atomic E-state index is 14.4. The van der Waals surface area contributed by atoms with Crippen molar-refractivity contribution < 1.29 is 19.2 Å². The lowest BCUT2D eigenvalue weighted by atomic mass is 9.89. The lowest BCUT2D eigenvalue weighted by Gasteiger charge is -2.44. The number of carbonyl (C=O) groups is 4. The fourth-order valence-corrected chi connectivity index (χ4v) is 6.72. The molecule has 0 aliphatic carbocycles. The molecule has 5 aromatic rings. The van der Waals surface area contributed by atoms with Crippen molar-refractivity contribution in [3.05, 3.63) is 143 Å². The van der Waals surface area contributed by atoms with Crippen LogP contribution in [0.5, 0.6) is 0 Å². The van der Waals surface area contributed by atoms with Gasteiger partial charge in [0.1, 0.15) is 6.54 Å². The summed E-state index contributed by atoms with van der Waals surface area (Å²) in [5.41, 5.74) is 3.42. The zero-order valence-corrected chi connectivity index (χ0v) is 25.1. The number of anilines is 2. The minimum atomic E-state index is -0.497. The molecule has 7 nitrogen and oxygen atoms in total. The van der Waals surface area contributed by atoms with Gasteiger partial charge in [-0.15, -0.1) is 0 Å². The van der Waals surface area contributed by atoms with Crippen LogP contribution in [0, 0.1) is 0 Å². The number of hydrogen-bond acceptors (Lipinski definition) is 4. The van der Waals surface area contributed by atoms with E-state index in [-0.39, 0.29) is 11.9 Å². The molecule has 2 aliphatic heterocycles. The third-order valence-electron chi connectivity index (χ3n) is 8.63. The number of nitrogens with zero attached hydrogens (tertiary/aromatic N) is 3. The SMILES string of the molecule is C[C@@H]1C[C@H](N(C(=O)CN2C(=O)c3cccc4cccc(c34)C2=O)c2ccccc2)c2ccccc2N1C(=O)c1ccc(Cl)cc1. The maximum atomic E-state index is 14.4. The summed E-state index contributed by atoms with van der Waals surface area (Å²) in [5, 5.41) is 1.95. The fraction of sp³-hybridized carbons (Fsp3) is 0.135. The van der Waals surface area contributed by atoms with Crippen molar-refractivity contribution in [2.24, 2.45) is 0 Å². The van der Waals surface area contributed by atoms with Crippen molar-refractivity contribution >= 4 is 57.4 Å². The Balaban J connectivity index is 1.27. The maximum Gasteiger partial charge on any atom is 0.261 e. The van der Waals surface area contributed by atoms with Crippen LogP contribution in [0.1, 0.15) is 56.0 Å². The summed E-state index contributed by atoms with van der Waals surface area (Å²) in [6, 6.07) is 33.5. The Morgan fingerprint density at radius 3 is 2.07 bits per heavy atom. The average Bonchev–Trinajstić information content (AvgIpc) is 3.06. The fourth-order valence-electron chi connectivity index (χ4n) is 6.59. The summed E-state index contributed by atoms with van der Waals surface area (Å²) in [6.07, 6.45) is 0.432. The molecular weight excluding hydrogens is 586 g/mol. The minimum Gasteiger partial charge on any atom is -0.305 e. The summed E-state index contributed by atoms with van der Waals surface area (Å²) in [7, 11) is 0. The van der Waals surface area contributed by atoms with E-state index in [0.29, 0.717) is 44.9 Å².